The highest BCUT2D eigenvalue weighted by molar-refractivity contribution is 7.80. The Morgan fingerprint density at radius 1 is 1.21 bits per heavy atom. The van der Waals surface area contributed by atoms with Crippen LogP contribution in [0.25, 0.3) is 0 Å². The molecule has 0 saturated heterocycles. The Morgan fingerprint density at radius 3 is 2.42 bits per heavy atom. The van der Waals surface area contributed by atoms with Gasteiger partial charge in [0.1, 0.15) is 0 Å². The number of thiocarbonyl (C=S) groups is 1. The number of hydrogen-bond donors (Lipinski definition) is 3. The van der Waals surface area contributed by atoms with Gasteiger partial charge >= 0.3 is 0 Å². The van der Waals surface area contributed by atoms with Crippen LogP contribution in [-0.4, -0.2) is 21.0 Å². The predicted molar refractivity (Wildman–Crippen MR) is 94.9 cm³/mol. The quantitative estimate of drug-likeness (QED) is 0.321. The Labute approximate surface area is 151 Å². The van der Waals surface area contributed by atoms with Gasteiger partial charge in [-0.2, -0.15) is 0 Å². The minimum atomic E-state index is -0.618. The van der Waals surface area contributed by atoms with Gasteiger partial charge in [0.2, 0.25) is 0 Å². The topological polar surface area (TPSA) is 104 Å². The Morgan fingerprint density at radius 2 is 1.83 bits per heavy atom. The minimum absolute atomic E-state index is 0.0119. The van der Waals surface area contributed by atoms with E-state index in [0.717, 1.165) is 6.07 Å². The normalized spacial score (nSPS) is 10.1. The van der Waals surface area contributed by atoms with Gasteiger partial charge in [-0.1, -0.05) is 29.3 Å². The number of carbonyl (C=O) groups is 1. The maximum absolute atomic E-state index is 12.1. The Bertz CT molecular complexity index is 822. The number of nitrogens with zero attached hydrogens (tertiary/aromatic N) is 1. The molecule has 2 aromatic carbocycles. The molecular formula is C14H9Cl2N3O4S. The van der Waals surface area contributed by atoms with Crippen molar-refractivity contribution in [3.8, 4) is 5.75 Å². The van der Waals surface area contributed by atoms with Crippen LogP contribution in [0.15, 0.2) is 36.4 Å². The number of non-ortho nitro benzene ring substituents is 1. The molecule has 0 radical (unpaired) electrons. The molecule has 0 aliphatic heterocycles. The molecule has 0 aliphatic rings. The maximum atomic E-state index is 12.1. The molecule has 3 N–H and O–H groups in total. The Balaban J connectivity index is 2.08. The minimum Gasteiger partial charge on any atom is -0.505 e. The molecule has 0 spiro atoms. The summed E-state index contributed by atoms with van der Waals surface area (Å²) in [7, 11) is 0. The molecule has 0 aliphatic carbocycles. The van der Waals surface area contributed by atoms with Gasteiger partial charge in [-0.25, -0.2) is 0 Å². The molecule has 0 fully saturated rings. The van der Waals surface area contributed by atoms with Crippen LogP contribution >= 0.6 is 35.4 Å². The molecular weight excluding hydrogens is 377 g/mol. The highest BCUT2D eigenvalue weighted by atomic mass is 35.5. The number of anilines is 1. The fourth-order valence-electron chi connectivity index (χ4n) is 1.74. The van der Waals surface area contributed by atoms with Gasteiger partial charge in [-0.15, -0.1) is 0 Å². The zero-order chi connectivity index (χ0) is 17.9. The van der Waals surface area contributed by atoms with E-state index in [9.17, 15) is 20.0 Å². The summed E-state index contributed by atoms with van der Waals surface area (Å²) < 4.78 is 0. The van der Waals surface area contributed by atoms with Crippen molar-refractivity contribution in [2.24, 2.45) is 0 Å². The zero-order valence-electron chi connectivity index (χ0n) is 11.7. The first-order valence-corrected chi connectivity index (χ1v) is 7.49. The summed E-state index contributed by atoms with van der Waals surface area (Å²) in [6, 6.07) is 7.95. The van der Waals surface area contributed by atoms with Crippen molar-refractivity contribution in [1.82, 2.24) is 5.32 Å². The van der Waals surface area contributed by atoms with E-state index in [-0.39, 0.29) is 32.2 Å². The van der Waals surface area contributed by atoms with E-state index >= 15 is 0 Å². The van der Waals surface area contributed by atoms with E-state index in [4.69, 9.17) is 35.4 Å². The average Bonchev–Trinajstić information content (AvgIpc) is 2.52. The highest BCUT2D eigenvalue weighted by Gasteiger charge is 2.13. The summed E-state index contributed by atoms with van der Waals surface area (Å²) in [6.45, 7) is 0. The number of rotatable bonds is 3. The lowest BCUT2D eigenvalue weighted by Crippen LogP contribution is -2.34. The van der Waals surface area contributed by atoms with E-state index in [1.165, 1.54) is 30.3 Å². The van der Waals surface area contributed by atoms with Crippen molar-refractivity contribution in [3.63, 3.8) is 0 Å². The molecule has 1 amide bonds. The number of aromatic hydroxyl groups is 1. The Hall–Kier alpha value is -2.42. The first-order chi connectivity index (χ1) is 11.3. The largest absolute Gasteiger partial charge is 0.505 e. The van der Waals surface area contributed by atoms with Crippen molar-refractivity contribution in [2.45, 2.75) is 0 Å². The summed E-state index contributed by atoms with van der Waals surface area (Å²) >= 11 is 16.6. The number of carbonyl (C=O) groups excluding carboxylic acids is 1. The van der Waals surface area contributed by atoms with Crippen molar-refractivity contribution in [3.05, 3.63) is 62.1 Å². The Kier molecular flexibility index (Phi) is 5.55. The summed E-state index contributed by atoms with van der Waals surface area (Å²) in [4.78, 5) is 22.2. The van der Waals surface area contributed by atoms with Gasteiger partial charge in [0.15, 0.2) is 10.9 Å². The summed E-state index contributed by atoms with van der Waals surface area (Å²) in [5.41, 5.74) is 0.223. The second-order valence-electron chi connectivity index (χ2n) is 4.50. The third-order valence-corrected chi connectivity index (χ3v) is 3.60. The number of phenolic OH excluding ortho intramolecular Hbond substituents is 1. The number of hydrogen-bond acceptors (Lipinski definition) is 5. The number of halogens is 2. The second-order valence-corrected chi connectivity index (χ2v) is 5.73. The van der Waals surface area contributed by atoms with E-state index in [0.29, 0.717) is 5.69 Å². The molecule has 7 nitrogen and oxygen atoms in total. The molecule has 2 aromatic rings. The average molecular weight is 386 g/mol. The monoisotopic (exact) mass is 385 g/mol. The first kappa shape index (κ1) is 17.9. The van der Waals surface area contributed by atoms with Gasteiger partial charge in [0.05, 0.1) is 15.0 Å². The van der Waals surface area contributed by atoms with Crippen LogP contribution in [0.4, 0.5) is 11.4 Å². The molecule has 0 unspecified atom stereocenters. The van der Waals surface area contributed by atoms with Gasteiger partial charge < -0.3 is 10.4 Å². The molecule has 0 atom stereocenters. The van der Waals surface area contributed by atoms with Crippen LogP contribution in [0, 0.1) is 10.1 Å². The van der Waals surface area contributed by atoms with E-state index in [1.54, 1.807) is 0 Å². The molecule has 0 heterocycles. The van der Waals surface area contributed by atoms with Crippen molar-refractivity contribution in [2.75, 3.05) is 5.32 Å². The third-order valence-electron chi connectivity index (χ3n) is 2.82. The van der Waals surface area contributed by atoms with E-state index in [1.807, 2.05) is 0 Å². The van der Waals surface area contributed by atoms with Crippen LogP contribution in [0.5, 0.6) is 5.75 Å². The highest BCUT2D eigenvalue weighted by Crippen LogP contribution is 2.34. The van der Waals surface area contributed by atoms with Gasteiger partial charge in [-0.3, -0.25) is 20.2 Å². The van der Waals surface area contributed by atoms with Crippen LogP contribution < -0.4 is 10.6 Å². The molecule has 24 heavy (non-hydrogen) atoms. The van der Waals surface area contributed by atoms with Crippen molar-refractivity contribution in [1.29, 1.82) is 0 Å². The lowest BCUT2D eigenvalue weighted by molar-refractivity contribution is -0.384. The third kappa shape index (κ3) is 4.31. The van der Waals surface area contributed by atoms with Crippen molar-refractivity contribution < 1.29 is 14.8 Å². The van der Waals surface area contributed by atoms with Crippen molar-refractivity contribution >= 4 is 57.8 Å². The van der Waals surface area contributed by atoms with Gasteiger partial charge in [-0.05, 0) is 30.4 Å². The fourth-order valence-corrected chi connectivity index (χ4v) is 2.43. The molecule has 10 heteroatoms. The van der Waals surface area contributed by atoms with E-state index in [2.05, 4.69) is 10.6 Å². The number of phenols is 1. The molecule has 0 aromatic heterocycles. The number of nitrogens with one attached hydrogen (secondary N) is 2. The van der Waals surface area contributed by atoms with E-state index < -0.39 is 10.8 Å². The first-order valence-electron chi connectivity index (χ1n) is 6.32. The van der Waals surface area contributed by atoms with Crippen LogP contribution in [0.2, 0.25) is 10.0 Å². The molecule has 124 valence electrons. The molecule has 0 saturated carbocycles. The number of amides is 1. The van der Waals surface area contributed by atoms with Crippen LogP contribution in [0.1, 0.15) is 10.4 Å². The number of nitro groups is 1. The maximum Gasteiger partial charge on any atom is 0.270 e. The number of nitro benzene ring substituents is 1. The summed E-state index contributed by atoms with van der Waals surface area (Å²) in [5, 5.41) is 25.2. The summed E-state index contributed by atoms with van der Waals surface area (Å²) in [5.74, 6) is -0.886. The summed E-state index contributed by atoms with van der Waals surface area (Å²) in [6.07, 6.45) is 0. The SMILES string of the molecule is O=C(NC(=S)Nc1cc(Cl)c(O)c(Cl)c1)c1cccc([N+](=O)[O-])c1. The van der Waals surface area contributed by atoms with Crippen LogP contribution in [-0.2, 0) is 0 Å². The van der Waals surface area contributed by atoms with Gasteiger partial charge in [0.25, 0.3) is 11.6 Å². The lowest BCUT2D eigenvalue weighted by atomic mass is 10.2. The molecule has 2 rings (SSSR count). The lowest BCUT2D eigenvalue weighted by Gasteiger charge is -2.11. The second kappa shape index (κ2) is 7.43. The van der Waals surface area contributed by atoms with Crippen LogP contribution in [0.3, 0.4) is 0 Å². The van der Waals surface area contributed by atoms with Gasteiger partial charge in [0, 0.05) is 23.4 Å². The predicted octanol–water partition coefficient (Wildman–Crippen LogP) is 3.73. The smallest absolute Gasteiger partial charge is 0.270 e. The fraction of sp³-hybridized carbons (Fsp3) is 0. The standard InChI is InChI=1S/C14H9Cl2N3O4S/c15-10-5-8(6-11(16)12(10)20)17-14(24)18-13(21)7-2-1-3-9(4-7)19(22)23/h1-6,20H,(H2,17,18,21,24). The zero-order valence-corrected chi connectivity index (χ0v) is 14.1. The molecule has 0 bridgehead atoms. The number of benzene rings is 2.